The van der Waals surface area contributed by atoms with Crippen molar-refractivity contribution in [3.8, 4) is 0 Å². The number of aromatic nitrogens is 1. The van der Waals surface area contributed by atoms with Crippen LogP contribution in [-0.2, 0) is 4.79 Å². The minimum Gasteiger partial charge on any atom is -0.396 e. The summed E-state index contributed by atoms with van der Waals surface area (Å²) in [7, 11) is 1.72. The van der Waals surface area contributed by atoms with Crippen molar-refractivity contribution in [1.29, 1.82) is 0 Å². The number of anilines is 1. The number of hydrogen-bond donors (Lipinski definition) is 2. The average molecular weight is 285 g/mol. The zero-order valence-corrected chi connectivity index (χ0v) is 12.0. The van der Waals surface area contributed by atoms with Crippen LogP contribution < -0.4 is 5.32 Å². The zero-order chi connectivity index (χ0) is 14.3. The Morgan fingerprint density at radius 3 is 2.79 bits per heavy atom. The summed E-state index contributed by atoms with van der Waals surface area (Å²) in [6, 6.07) is 0. The van der Waals surface area contributed by atoms with Gasteiger partial charge >= 0.3 is 0 Å². The van der Waals surface area contributed by atoms with Crippen molar-refractivity contribution in [3.63, 3.8) is 0 Å². The highest BCUT2D eigenvalue weighted by Gasteiger charge is 2.15. The summed E-state index contributed by atoms with van der Waals surface area (Å²) in [5, 5.41) is 13.3. The van der Waals surface area contributed by atoms with E-state index in [4.69, 9.17) is 5.11 Å². The van der Waals surface area contributed by atoms with Gasteiger partial charge in [0.05, 0.1) is 0 Å². The van der Waals surface area contributed by atoms with E-state index in [-0.39, 0.29) is 18.4 Å². The topological polar surface area (TPSA) is 82.5 Å². The Kier molecular flexibility index (Phi) is 6.44. The van der Waals surface area contributed by atoms with Gasteiger partial charge in [-0.2, -0.15) is 0 Å². The van der Waals surface area contributed by atoms with Crippen LogP contribution in [0, 0.1) is 0 Å². The highest BCUT2D eigenvalue weighted by atomic mass is 32.1. The molecule has 0 atom stereocenters. The first-order chi connectivity index (χ1) is 9.04. The fourth-order valence-electron chi connectivity index (χ4n) is 1.51. The SMILES string of the molecule is CC(=O)Nc1nc(C(=O)N(C)CCCCCO)cs1. The molecule has 0 aliphatic carbocycles. The van der Waals surface area contributed by atoms with Gasteiger partial charge in [-0.3, -0.25) is 9.59 Å². The molecule has 0 spiro atoms. The molecule has 0 saturated carbocycles. The van der Waals surface area contributed by atoms with Gasteiger partial charge in [-0.05, 0) is 19.3 Å². The summed E-state index contributed by atoms with van der Waals surface area (Å²) in [6.45, 7) is 2.21. The first-order valence-corrected chi connectivity index (χ1v) is 7.02. The number of thiazole rings is 1. The fourth-order valence-corrected chi connectivity index (χ4v) is 2.25. The lowest BCUT2D eigenvalue weighted by molar-refractivity contribution is -0.114. The van der Waals surface area contributed by atoms with Crippen LogP contribution in [0.15, 0.2) is 5.38 Å². The van der Waals surface area contributed by atoms with Crippen LogP contribution in [0.3, 0.4) is 0 Å². The quantitative estimate of drug-likeness (QED) is 0.741. The first kappa shape index (κ1) is 15.6. The van der Waals surface area contributed by atoms with E-state index in [9.17, 15) is 9.59 Å². The zero-order valence-electron chi connectivity index (χ0n) is 11.2. The number of rotatable bonds is 7. The molecule has 0 bridgehead atoms. The molecule has 0 aliphatic rings. The molecule has 7 heteroatoms. The number of amides is 2. The largest absolute Gasteiger partial charge is 0.396 e. The molecule has 0 radical (unpaired) electrons. The Balaban J connectivity index is 2.47. The number of unbranched alkanes of at least 4 members (excludes halogenated alkanes) is 2. The standard InChI is InChI=1S/C12H19N3O3S/c1-9(17)13-12-14-10(8-19-12)11(18)15(2)6-4-3-5-7-16/h8,16H,3-7H2,1-2H3,(H,13,14,17). The summed E-state index contributed by atoms with van der Waals surface area (Å²) in [6.07, 6.45) is 2.50. The molecule has 2 amide bonds. The molecule has 0 aliphatic heterocycles. The molecule has 1 aromatic heterocycles. The lowest BCUT2D eigenvalue weighted by atomic mass is 10.2. The number of carbonyl (C=O) groups is 2. The monoisotopic (exact) mass is 285 g/mol. The molecule has 0 aromatic carbocycles. The van der Waals surface area contributed by atoms with Crippen LogP contribution in [0.2, 0.25) is 0 Å². The molecule has 0 unspecified atom stereocenters. The molecule has 106 valence electrons. The van der Waals surface area contributed by atoms with E-state index in [0.717, 1.165) is 19.3 Å². The number of hydrogen-bond acceptors (Lipinski definition) is 5. The molecule has 1 aromatic rings. The number of nitrogens with one attached hydrogen (secondary N) is 1. The summed E-state index contributed by atoms with van der Waals surface area (Å²) >= 11 is 1.23. The van der Waals surface area contributed by atoms with Gasteiger partial charge in [0.25, 0.3) is 5.91 Å². The number of nitrogens with zero attached hydrogens (tertiary/aromatic N) is 2. The van der Waals surface area contributed by atoms with Gasteiger partial charge in [-0.25, -0.2) is 4.98 Å². The molecule has 6 nitrogen and oxygen atoms in total. The molecule has 0 fully saturated rings. The molecule has 0 saturated heterocycles. The van der Waals surface area contributed by atoms with Crippen molar-refractivity contribution >= 4 is 28.3 Å². The van der Waals surface area contributed by atoms with Crippen LogP contribution >= 0.6 is 11.3 Å². The van der Waals surface area contributed by atoms with Crippen molar-refractivity contribution in [2.24, 2.45) is 0 Å². The van der Waals surface area contributed by atoms with E-state index in [1.807, 2.05) is 0 Å². The van der Waals surface area contributed by atoms with Crippen LogP contribution in [0.1, 0.15) is 36.7 Å². The Morgan fingerprint density at radius 1 is 1.42 bits per heavy atom. The van der Waals surface area contributed by atoms with Crippen molar-refractivity contribution in [1.82, 2.24) is 9.88 Å². The summed E-state index contributed by atoms with van der Waals surface area (Å²) < 4.78 is 0. The third kappa shape index (κ3) is 5.35. The predicted molar refractivity (Wildman–Crippen MR) is 74.3 cm³/mol. The third-order valence-corrected chi connectivity index (χ3v) is 3.26. The van der Waals surface area contributed by atoms with Crippen molar-refractivity contribution in [3.05, 3.63) is 11.1 Å². The highest BCUT2D eigenvalue weighted by Crippen LogP contribution is 2.16. The second-order valence-electron chi connectivity index (χ2n) is 4.23. The molecular weight excluding hydrogens is 266 g/mol. The molecular formula is C12H19N3O3S. The van der Waals surface area contributed by atoms with Gasteiger partial charge in [-0.1, -0.05) is 0 Å². The van der Waals surface area contributed by atoms with E-state index in [1.165, 1.54) is 18.3 Å². The summed E-state index contributed by atoms with van der Waals surface area (Å²) in [5.41, 5.74) is 0.346. The lowest BCUT2D eigenvalue weighted by Gasteiger charge is -2.15. The number of aliphatic hydroxyl groups excluding tert-OH is 1. The van der Waals surface area contributed by atoms with E-state index in [0.29, 0.717) is 17.4 Å². The van der Waals surface area contributed by atoms with Crippen molar-refractivity contribution in [2.45, 2.75) is 26.2 Å². The predicted octanol–water partition coefficient (Wildman–Crippen LogP) is 1.34. The summed E-state index contributed by atoms with van der Waals surface area (Å²) in [4.78, 5) is 28.6. The van der Waals surface area contributed by atoms with Crippen LogP contribution in [-0.4, -0.2) is 47.0 Å². The first-order valence-electron chi connectivity index (χ1n) is 6.14. The van der Waals surface area contributed by atoms with E-state index >= 15 is 0 Å². The van der Waals surface area contributed by atoms with E-state index in [1.54, 1.807) is 17.3 Å². The maximum Gasteiger partial charge on any atom is 0.273 e. The number of aliphatic hydroxyl groups is 1. The Hall–Kier alpha value is -1.47. The molecule has 1 rings (SSSR count). The third-order valence-electron chi connectivity index (χ3n) is 2.50. The average Bonchev–Trinajstić information content (AvgIpc) is 2.81. The van der Waals surface area contributed by atoms with E-state index in [2.05, 4.69) is 10.3 Å². The highest BCUT2D eigenvalue weighted by molar-refractivity contribution is 7.14. The van der Waals surface area contributed by atoms with Crippen LogP contribution in [0.25, 0.3) is 0 Å². The Morgan fingerprint density at radius 2 is 2.16 bits per heavy atom. The Bertz CT molecular complexity index is 434. The minimum absolute atomic E-state index is 0.156. The van der Waals surface area contributed by atoms with Crippen molar-refractivity contribution < 1.29 is 14.7 Å². The summed E-state index contributed by atoms with van der Waals surface area (Å²) in [5.74, 6) is -0.359. The van der Waals surface area contributed by atoms with Gasteiger partial charge in [0, 0.05) is 32.5 Å². The van der Waals surface area contributed by atoms with Gasteiger partial charge in [0.15, 0.2) is 5.13 Å². The lowest BCUT2D eigenvalue weighted by Crippen LogP contribution is -2.28. The van der Waals surface area contributed by atoms with Gasteiger partial charge in [0.2, 0.25) is 5.91 Å². The van der Waals surface area contributed by atoms with Gasteiger partial charge < -0.3 is 15.3 Å². The molecule has 1 heterocycles. The second kappa shape index (κ2) is 7.85. The normalized spacial score (nSPS) is 10.3. The smallest absolute Gasteiger partial charge is 0.273 e. The second-order valence-corrected chi connectivity index (χ2v) is 5.09. The minimum atomic E-state index is -0.203. The van der Waals surface area contributed by atoms with Crippen LogP contribution in [0.5, 0.6) is 0 Å². The fraction of sp³-hybridized carbons (Fsp3) is 0.583. The maximum absolute atomic E-state index is 12.0. The van der Waals surface area contributed by atoms with Gasteiger partial charge in [-0.15, -0.1) is 11.3 Å². The maximum atomic E-state index is 12.0. The number of carbonyl (C=O) groups excluding carboxylic acids is 2. The molecule has 2 N–H and O–H groups in total. The Labute approximate surface area is 116 Å². The van der Waals surface area contributed by atoms with E-state index < -0.39 is 0 Å². The van der Waals surface area contributed by atoms with Crippen molar-refractivity contribution in [2.75, 3.05) is 25.5 Å². The molecule has 19 heavy (non-hydrogen) atoms. The van der Waals surface area contributed by atoms with Crippen LogP contribution in [0.4, 0.5) is 5.13 Å². The van der Waals surface area contributed by atoms with Gasteiger partial charge in [0.1, 0.15) is 5.69 Å².